The van der Waals surface area contributed by atoms with Crippen LogP contribution in [0.1, 0.15) is 10.4 Å². The maximum absolute atomic E-state index is 12.2. The van der Waals surface area contributed by atoms with Crippen LogP contribution in [0.2, 0.25) is 0 Å². The highest BCUT2D eigenvalue weighted by Gasteiger charge is 2.10. The quantitative estimate of drug-likeness (QED) is 0.719. The molecule has 6 nitrogen and oxygen atoms in total. The molecule has 1 aromatic heterocycles. The molecule has 6 heteroatoms. The van der Waals surface area contributed by atoms with Crippen molar-refractivity contribution in [2.75, 3.05) is 11.1 Å². The average Bonchev–Trinajstić information content (AvgIpc) is 3.02. The van der Waals surface area contributed by atoms with E-state index in [2.05, 4.69) is 15.6 Å². The van der Waals surface area contributed by atoms with Gasteiger partial charge >= 0.3 is 0 Å². The molecular weight excluding hydrogens is 266 g/mol. The highest BCUT2D eigenvalue weighted by Crippen LogP contribution is 2.19. The number of nitrogens with one attached hydrogen (secondary N) is 1. The normalized spacial score (nSPS) is 10.3. The fraction of sp³-hybridized carbons (Fsp3) is 0. The van der Waals surface area contributed by atoms with E-state index in [4.69, 9.17) is 5.73 Å². The Morgan fingerprint density at radius 2 is 1.86 bits per heavy atom. The minimum atomic E-state index is -0.206. The van der Waals surface area contributed by atoms with E-state index < -0.39 is 0 Å². The van der Waals surface area contributed by atoms with E-state index in [1.54, 1.807) is 41.3 Å². The van der Waals surface area contributed by atoms with Gasteiger partial charge in [-0.3, -0.25) is 4.79 Å². The van der Waals surface area contributed by atoms with Crippen LogP contribution in [0.25, 0.3) is 5.69 Å². The molecule has 0 fully saturated rings. The van der Waals surface area contributed by atoms with E-state index in [-0.39, 0.29) is 5.91 Å². The summed E-state index contributed by atoms with van der Waals surface area (Å²) in [4.78, 5) is 12.2. The van der Waals surface area contributed by atoms with Crippen LogP contribution in [0.3, 0.4) is 0 Å². The third kappa shape index (κ3) is 2.74. The summed E-state index contributed by atoms with van der Waals surface area (Å²) < 4.78 is 1.60. The maximum atomic E-state index is 12.2. The van der Waals surface area contributed by atoms with Crippen molar-refractivity contribution >= 4 is 17.3 Å². The molecule has 0 aliphatic heterocycles. The van der Waals surface area contributed by atoms with Crippen molar-refractivity contribution in [1.29, 1.82) is 0 Å². The number of carbonyl (C=O) groups excluding carboxylic acids is 1. The Morgan fingerprint density at radius 3 is 2.57 bits per heavy atom. The number of carbonyl (C=O) groups is 1. The predicted molar refractivity (Wildman–Crippen MR) is 80.2 cm³/mol. The fourth-order valence-electron chi connectivity index (χ4n) is 1.94. The summed E-state index contributed by atoms with van der Waals surface area (Å²) in [5.41, 5.74) is 8.18. The van der Waals surface area contributed by atoms with E-state index in [1.807, 2.05) is 24.3 Å². The van der Waals surface area contributed by atoms with Crippen LogP contribution in [0.15, 0.2) is 60.9 Å². The van der Waals surface area contributed by atoms with Crippen molar-refractivity contribution < 1.29 is 4.79 Å². The minimum Gasteiger partial charge on any atom is -0.399 e. The van der Waals surface area contributed by atoms with E-state index >= 15 is 0 Å². The number of para-hydroxylation sites is 2. The van der Waals surface area contributed by atoms with Crippen molar-refractivity contribution in [1.82, 2.24) is 15.0 Å². The molecule has 0 bridgehead atoms. The molecule has 2 aromatic carbocycles. The second-order valence-corrected chi connectivity index (χ2v) is 4.44. The molecule has 0 spiro atoms. The molecule has 21 heavy (non-hydrogen) atoms. The highest BCUT2D eigenvalue weighted by atomic mass is 16.1. The molecule has 0 aliphatic rings. The number of nitrogens with two attached hydrogens (primary N) is 1. The Kier molecular flexibility index (Phi) is 3.34. The molecule has 3 rings (SSSR count). The van der Waals surface area contributed by atoms with Crippen LogP contribution < -0.4 is 11.1 Å². The summed E-state index contributed by atoms with van der Waals surface area (Å²) in [7, 11) is 0. The Hall–Kier alpha value is -3.15. The molecule has 0 unspecified atom stereocenters. The van der Waals surface area contributed by atoms with Crippen LogP contribution in [0, 0.1) is 0 Å². The van der Waals surface area contributed by atoms with E-state index in [9.17, 15) is 4.79 Å². The number of rotatable bonds is 3. The van der Waals surface area contributed by atoms with Crippen LogP contribution in [-0.4, -0.2) is 20.9 Å². The number of benzene rings is 2. The second kappa shape index (κ2) is 5.46. The monoisotopic (exact) mass is 279 g/mol. The smallest absolute Gasteiger partial charge is 0.255 e. The summed E-state index contributed by atoms with van der Waals surface area (Å²) in [6.45, 7) is 0. The highest BCUT2D eigenvalue weighted by molar-refractivity contribution is 6.05. The zero-order chi connectivity index (χ0) is 14.7. The predicted octanol–water partition coefficient (Wildman–Crippen LogP) is 2.10. The largest absolute Gasteiger partial charge is 0.399 e. The van der Waals surface area contributed by atoms with Gasteiger partial charge in [0.2, 0.25) is 0 Å². The first kappa shape index (κ1) is 12.9. The first-order valence-corrected chi connectivity index (χ1v) is 6.36. The number of hydrogen-bond acceptors (Lipinski definition) is 4. The van der Waals surface area contributed by atoms with Gasteiger partial charge in [0, 0.05) is 11.3 Å². The van der Waals surface area contributed by atoms with Crippen molar-refractivity contribution in [2.24, 2.45) is 0 Å². The third-order valence-corrected chi connectivity index (χ3v) is 2.99. The average molecular weight is 279 g/mol. The molecular formula is C15H13N5O. The summed E-state index contributed by atoms with van der Waals surface area (Å²) in [6.07, 6.45) is 3.30. The topological polar surface area (TPSA) is 85.8 Å². The Balaban J connectivity index is 1.88. The Labute approximate surface area is 121 Å². The SMILES string of the molecule is Nc1ccc(C(=O)Nc2ccccc2-n2ccnn2)cc1. The standard InChI is InChI=1S/C15H13N5O/c16-12-7-5-11(6-8-12)15(21)18-13-3-1-2-4-14(13)20-10-9-17-19-20/h1-10H,16H2,(H,18,21). The summed E-state index contributed by atoms with van der Waals surface area (Å²) >= 11 is 0. The molecule has 3 aromatic rings. The van der Waals surface area contributed by atoms with Gasteiger partial charge in [0.05, 0.1) is 23.8 Å². The second-order valence-electron chi connectivity index (χ2n) is 4.44. The van der Waals surface area contributed by atoms with Gasteiger partial charge in [-0.15, -0.1) is 5.10 Å². The molecule has 0 saturated heterocycles. The summed E-state index contributed by atoms with van der Waals surface area (Å²) in [6, 6.07) is 14.1. The lowest BCUT2D eigenvalue weighted by Crippen LogP contribution is -2.14. The number of amides is 1. The summed E-state index contributed by atoms with van der Waals surface area (Å²) in [5.74, 6) is -0.206. The Bertz CT molecular complexity index is 750. The number of aromatic nitrogens is 3. The lowest BCUT2D eigenvalue weighted by atomic mass is 10.2. The van der Waals surface area contributed by atoms with Gasteiger partial charge in [0.15, 0.2) is 0 Å². The van der Waals surface area contributed by atoms with Crippen LogP contribution in [0.4, 0.5) is 11.4 Å². The molecule has 0 radical (unpaired) electrons. The molecule has 0 aliphatic carbocycles. The number of hydrogen-bond donors (Lipinski definition) is 2. The van der Waals surface area contributed by atoms with E-state index in [0.29, 0.717) is 16.9 Å². The molecule has 104 valence electrons. The number of nitrogen functional groups attached to an aromatic ring is 1. The van der Waals surface area contributed by atoms with Crippen molar-refractivity contribution in [3.8, 4) is 5.69 Å². The molecule has 0 atom stereocenters. The first-order valence-electron chi connectivity index (χ1n) is 6.36. The fourth-order valence-corrected chi connectivity index (χ4v) is 1.94. The van der Waals surface area contributed by atoms with Gasteiger partial charge in [-0.2, -0.15) is 0 Å². The van der Waals surface area contributed by atoms with Crippen LogP contribution in [-0.2, 0) is 0 Å². The van der Waals surface area contributed by atoms with Gasteiger partial charge in [-0.25, -0.2) is 4.68 Å². The molecule has 1 amide bonds. The number of anilines is 2. The maximum Gasteiger partial charge on any atom is 0.255 e. The van der Waals surface area contributed by atoms with Gasteiger partial charge in [-0.1, -0.05) is 17.3 Å². The van der Waals surface area contributed by atoms with Gasteiger partial charge in [-0.05, 0) is 36.4 Å². The van der Waals surface area contributed by atoms with Gasteiger partial charge in [0.25, 0.3) is 5.91 Å². The van der Waals surface area contributed by atoms with Gasteiger partial charge in [0.1, 0.15) is 0 Å². The van der Waals surface area contributed by atoms with Crippen LogP contribution >= 0.6 is 0 Å². The van der Waals surface area contributed by atoms with Gasteiger partial charge < -0.3 is 11.1 Å². The zero-order valence-electron chi connectivity index (χ0n) is 11.1. The van der Waals surface area contributed by atoms with E-state index in [0.717, 1.165) is 5.69 Å². The number of nitrogens with zero attached hydrogens (tertiary/aromatic N) is 3. The lowest BCUT2D eigenvalue weighted by molar-refractivity contribution is 0.102. The molecule has 1 heterocycles. The van der Waals surface area contributed by atoms with Crippen molar-refractivity contribution in [3.63, 3.8) is 0 Å². The summed E-state index contributed by atoms with van der Waals surface area (Å²) in [5, 5.41) is 10.6. The van der Waals surface area contributed by atoms with Crippen molar-refractivity contribution in [2.45, 2.75) is 0 Å². The lowest BCUT2D eigenvalue weighted by Gasteiger charge is -2.10. The van der Waals surface area contributed by atoms with Crippen LogP contribution in [0.5, 0.6) is 0 Å². The third-order valence-electron chi connectivity index (χ3n) is 2.99. The van der Waals surface area contributed by atoms with Crippen molar-refractivity contribution in [3.05, 3.63) is 66.5 Å². The molecule has 0 saturated carbocycles. The molecule has 3 N–H and O–H groups in total. The van der Waals surface area contributed by atoms with E-state index in [1.165, 1.54) is 0 Å². The minimum absolute atomic E-state index is 0.206. The Morgan fingerprint density at radius 1 is 1.10 bits per heavy atom. The zero-order valence-corrected chi connectivity index (χ0v) is 11.1. The first-order chi connectivity index (χ1) is 10.2.